The molecule has 0 spiro atoms. The summed E-state index contributed by atoms with van der Waals surface area (Å²) in [6, 6.07) is 0. The van der Waals surface area contributed by atoms with E-state index in [1.54, 1.807) is 0 Å². The Bertz CT molecular complexity index is 223. The summed E-state index contributed by atoms with van der Waals surface area (Å²) in [5, 5.41) is 0. The quantitative estimate of drug-likeness (QED) is 0.527. The molecule has 0 bridgehead atoms. The van der Waals surface area contributed by atoms with E-state index in [4.69, 9.17) is 0 Å². The van der Waals surface area contributed by atoms with E-state index in [1.165, 1.54) is 0 Å². The van der Waals surface area contributed by atoms with Gasteiger partial charge in [0.25, 0.3) is 0 Å². The molecule has 0 fully saturated rings. The Morgan fingerprint density at radius 3 is 0.875 bits per heavy atom. The van der Waals surface area contributed by atoms with Crippen LogP contribution in [-0.2, 0) is 0 Å². The monoisotopic (exact) mass is 330 g/mol. The van der Waals surface area contributed by atoms with Gasteiger partial charge >= 0.3 is 24.2 Å². The van der Waals surface area contributed by atoms with E-state index >= 15 is 0 Å². The summed E-state index contributed by atoms with van der Waals surface area (Å²) in [6.45, 7) is 0. The van der Waals surface area contributed by atoms with Crippen molar-refractivity contribution in [3.8, 4) is 0 Å². The lowest BCUT2D eigenvalue weighted by Crippen LogP contribution is -2.57. The highest BCUT2D eigenvalue weighted by Crippen LogP contribution is 2.51. The smallest absolute Gasteiger partial charge is 0.195 e. The van der Waals surface area contributed by atoms with Gasteiger partial charge in [-0.1, -0.05) is 15.9 Å². The van der Waals surface area contributed by atoms with Gasteiger partial charge in [-0.25, -0.2) is 0 Å². The van der Waals surface area contributed by atoms with Gasteiger partial charge in [0, 0.05) is 0 Å². The zero-order valence-electron chi connectivity index (χ0n) is 6.73. The summed E-state index contributed by atoms with van der Waals surface area (Å²) in [7, 11) is 0. The van der Waals surface area contributed by atoms with Gasteiger partial charge < -0.3 is 0 Å². The second-order valence-electron chi connectivity index (χ2n) is 2.60. The van der Waals surface area contributed by atoms with Crippen molar-refractivity contribution < 1.29 is 43.9 Å². The fraction of sp³-hybridized carbons (Fsp3) is 1.00. The van der Waals surface area contributed by atoms with Crippen molar-refractivity contribution in [1.29, 1.82) is 0 Å². The first-order valence-electron chi connectivity index (χ1n) is 3.19. The molecule has 0 aliphatic rings. The molecule has 0 nitrogen and oxygen atoms in total. The SMILES string of the molecule is FC(F)(F)C(F)(F)C(Br)C(F)(F)C(F)(F)F. The fourth-order valence-electron chi connectivity index (χ4n) is 0.515. The van der Waals surface area contributed by atoms with Crippen LogP contribution in [0.3, 0.4) is 0 Å². The third kappa shape index (κ3) is 2.54. The molecule has 0 aliphatic heterocycles. The third-order valence-electron chi connectivity index (χ3n) is 1.39. The van der Waals surface area contributed by atoms with Gasteiger partial charge in [-0.05, 0) is 0 Å². The summed E-state index contributed by atoms with van der Waals surface area (Å²) in [5.41, 5.74) is 0. The van der Waals surface area contributed by atoms with Gasteiger partial charge in [-0.3, -0.25) is 0 Å². The van der Waals surface area contributed by atoms with Crippen LogP contribution in [0.1, 0.15) is 0 Å². The van der Waals surface area contributed by atoms with Crippen LogP contribution in [0, 0.1) is 0 Å². The average Bonchev–Trinajstić information content (AvgIpc) is 1.98. The van der Waals surface area contributed by atoms with Gasteiger partial charge in [0.05, 0.1) is 0 Å². The zero-order chi connectivity index (χ0) is 13.6. The summed E-state index contributed by atoms with van der Waals surface area (Å²) in [4.78, 5) is -4.42. The molecule has 0 saturated carbocycles. The lowest BCUT2D eigenvalue weighted by molar-refractivity contribution is -0.336. The molecule has 0 aromatic heterocycles. The molecule has 0 aliphatic carbocycles. The van der Waals surface area contributed by atoms with Gasteiger partial charge in [-0.2, -0.15) is 43.9 Å². The van der Waals surface area contributed by atoms with E-state index in [9.17, 15) is 43.9 Å². The number of hydrogen-bond acceptors (Lipinski definition) is 0. The highest BCUT2D eigenvalue weighted by atomic mass is 79.9. The van der Waals surface area contributed by atoms with Crippen molar-refractivity contribution in [2.75, 3.05) is 0 Å². The maximum Gasteiger partial charge on any atom is 0.454 e. The van der Waals surface area contributed by atoms with Gasteiger partial charge in [0.1, 0.15) is 0 Å². The molecule has 0 N–H and O–H groups in total. The molecule has 0 unspecified atom stereocenters. The maximum absolute atomic E-state index is 12.2. The van der Waals surface area contributed by atoms with E-state index in [0.717, 1.165) is 15.9 Å². The standard InChI is InChI=1S/C5HBrF10/c6-1(2(7,8)4(11,12)13)3(9,10)5(14,15)16/h1H. The van der Waals surface area contributed by atoms with Crippen LogP contribution in [0.25, 0.3) is 0 Å². The Hall–Kier alpha value is -0.220. The van der Waals surface area contributed by atoms with Crippen LogP contribution in [0.15, 0.2) is 0 Å². The highest BCUT2D eigenvalue weighted by Gasteiger charge is 2.75. The summed E-state index contributed by atoms with van der Waals surface area (Å²) < 4.78 is 118. The predicted molar refractivity (Wildman–Crippen MR) is 34.7 cm³/mol. The minimum Gasteiger partial charge on any atom is -0.195 e. The van der Waals surface area contributed by atoms with Crippen LogP contribution in [-0.4, -0.2) is 29.0 Å². The molecule has 0 heterocycles. The second kappa shape index (κ2) is 3.91. The third-order valence-corrected chi connectivity index (χ3v) is 2.54. The predicted octanol–water partition coefficient (Wildman–Crippen LogP) is 4.15. The first-order chi connectivity index (χ1) is 6.65. The van der Waals surface area contributed by atoms with Crippen molar-refractivity contribution in [3.05, 3.63) is 0 Å². The Kier molecular flexibility index (Phi) is 3.86. The highest BCUT2D eigenvalue weighted by molar-refractivity contribution is 9.09. The largest absolute Gasteiger partial charge is 0.454 e. The first-order valence-corrected chi connectivity index (χ1v) is 4.10. The van der Waals surface area contributed by atoms with Gasteiger partial charge in [0.2, 0.25) is 0 Å². The molecular weight excluding hydrogens is 330 g/mol. The molecular formula is C5HBrF10. The second-order valence-corrected chi connectivity index (χ2v) is 3.52. The average molecular weight is 331 g/mol. The van der Waals surface area contributed by atoms with E-state index in [0.29, 0.717) is 0 Å². The Morgan fingerprint density at radius 2 is 0.750 bits per heavy atom. The topological polar surface area (TPSA) is 0 Å². The van der Waals surface area contributed by atoms with E-state index in [1.807, 2.05) is 0 Å². The van der Waals surface area contributed by atoms with Crippen molar-refractivity contribution in [2.24, 2.45) is 0 Å². The zero-order valence-corrected chi connectivity index (χ0v) is 8.32. The number of hydrogen-bond donors (Lipinski definition) is 0. The Labute approximate surface area is 89.7 Å². The summed E-state index contributed by atoms with van der Waals surface area (Å²) >= 11 is 1.05. The number of alkyl halides is 11. The molecule has 0 radical (unpaired) electrons. The molecule has 11 heteroatoms. The molecule has 16 heavy (non-hydrogen) atoms. The molecule has 0 amide bonds. The van der Waals surface area contributed by atoms with Crippen LogP contribution in [0.4, 0.5) is 43.9 Å². The van der Waals surface area contributed by atoms with E-state index < -0.39 is 29.0 Å². The lowest BCUT2D eigenvalue weighted by atomic mass is 10.1. The molecule has 0 aromatic rings. The normalized spacial score (nSPS) is 15.8. The van der Waals surface area contributed by atoms with Gasteiger partial charge in [-0.15, -0.1) is 0 Å². The molecule has 98 valence electrons. The molecule has 0 saturated heterocycles. The summed E-state index contributed by atoms with van der Waals surface area (Å²) in [6.07, 6.45) is -13.0. The lowest BCUT2D eigenvalue weighted by Gasteiger charge is -2.31. The minimum atomic E-state index is -6.52. The molecule has 0 atom stereocenters. The van der Waals surface area contributed by atoms with E-state index in [2.05, 4.69) is 0 Å². The van der Waals surface area contributed by atoms with Crippen LogP contribution in [0.5, 0.6) is 0 Å². The number of halogens is 11. The van der Waals surface area contributed by atoms with Gasteiger partial charge in [0.15, 0.2) is 4.83 Å². The van der Waals surface area contributed by atoms with E-state index in [-0.39, 0.29) is 0 Å². The van der Waals surface area contributed by atoms with Crippen molar-refractivity contribution in [1.82, 2.24) is 0 Å². The van der Waals surface area contributed by atoms with Crippen LogP contribution >= 0.6 is 15.9 Å². The van der Waals surface area contributed by atoms with Crippen LogP contribution in [0.2, 0.25) is 0 Å². The van der Waals surface area contributed by atoms with Crippen molar-refractivity contribution >= 4 is 15.9 Å². The fourth-order valence-corrected chi connectivity index (χ4v) is 1.03. The molecule has 0 aromatic carbocycles. The Balaban J connectivity index is 5.30. The minimum absolute atomic E-state index is 1.05. The number of rotatable bonds is 2. The first kappa shape index (κ1) is 15.8. The molecule has 0 rings (SSSR count). The maximum atomic E-state index is 12.2. The van der Waals surface area contributed by atoms with Crippen LogP contribution < -0.4 is 0 Å². The van der Waals surface area contributed by atoms with Crippen molar-refractivity contribution in [3.63, 3.8) is 0 Å². The summed E-state index contributed by atoms with van der Waals surface area (Å²) in [5.74, 6) is -12.4. The Morgan fingerprint density at radius 1 is 0.562 bits per heavy atom. The van der Waals surface area contributed by atoms with Crippen molar-refractivity contribution in [2.45, 2.75) is 29.0 Å².